The van der Waals surface area contributed by atoms with Gasteiger partial charge < -0.3 is 4.98 Å². The Morgan fingerprint density at radius 1 is 1.40 bits per heavy atom. The zero-order chi connectivity index (χ0) is 14.3. The number of aromatic amines is 1. The summed E-state index contributed by atoms with van der Waals surface area (Å²) >= 11 is 0. The molecular formula is C16H18N4. The lowest BCUT2D eigenvalue weighted by atomic mass is 9.96. The zero-order valence-electron chi connectivity index (χ0n) is 12.0. The molecule has 1 atom stereocenters. The Bertz CT molecular complexity index is 717. The molecular weight excluding hydrogens is 248 g/mol. The van der Waals surface area contributed by atoms with Crippen LogP contribution in [0.4, 0.5) is 0 Å². The molecule has 0 saturated carbocycles. The second kappa shape index (κ2) is 4.38. The van der Waals surface area contributed by atoms with Gasteiger partial charge >= 0.3 is 0 Å². The number of rotatable bonds is 2. The zero-order valence-corrected chi connectivity index (χ0v) is 12.0. The quantitative estimate of drug-likeness (QED) is 0.903. The van der Waals surface area contributed by atoms with E-state index in [9.17, 15) is 5.26 Å². The molecule has 1 aromatic heterocycles. The number of hydrogen-bond donors (Lipinski definition) is 1. The Morgan fingerprint density at radius 2 is 2.15 bits per heavy atom. The van der Waals surface area contributed by atoms with Crippen LogP contribution in [0.5, 0.6) is 0 Å². The Balaban J connectivity index is 2.09. The smallest absolute Gasteiger partial charge is 0.161 e. The first-order chi connectivity index (χ1) is 9.53. The van der Waals surface area contributed by atoms with Crippen molar-refractivity contribution in [1.29, 1.82) is 5.26 Å². The molecule has 1 aliphatic rings. The lowest BCUT2D eigenvalue weighted by Gasteiger charge is -2.33. The summed E-state index contributed by atoms with van der Waals surface area (Å²) in [5, 5.41) is 17.3. The molecule has 1 aliphatic heterocycles. The second-order valence-corrected chi connectivity index (χ2v) is 5.99. The van der Waals surface area contributed by atoms with E-state index >= 15 is 0 Å². The standard InChI is InChI=1S/C16H18N4/c1-11-8-16(2,3)20(19-11)15(9-17)13-10-18-14-7-5-4-6-12(13)14/h4-7,10,15,18H,8H2,1-3H3/t15-/m1/s1. The van der Waals surface area contributed by atoms with Crippen molar-refractivity contribution in [3.8, 4) is 6.07 Å². The van der Waals surface area contributed by atoms with E-state index in [0.29, 0.717) is 0 Å². The number of nitrogens with zero attached hydrogens (tertiary/aromatic N) is 3. The van der Waals surface area contributed by atoms with E-state index in [-0.39, 0.29) is 11.6 Å². The third-order valence-corrected chi connectivity index (χ3v) is 3.87. The summed E-state index contributed by atoms with van der Waals surface area (Å²) in [4.78, 5) is 3.24. The molecule has 0 aliphatic carbocycles. The van der Waals surface area contributed by atoms with Gasteiger partial charge in [0, 0.05) is 34.8 Å². The van der Waals surface area contributed by atoms with Crippen LogP contribution in [0, 0.1) is 11.3 Å². The Kier molecular flexibility index (Phi) is 2.79. The molecule has 1 aromatic carbocycles. The van der Waals surface area contributed by atoms with Gasteiger partial charge in [-0.05, 0) is 26.8 Å². The molecule has 20 heavy (non-hydrogen) atoms. The maximum absolute atomic E-state index is 9.66. The van der Waals surface area contributed by atoms with E-state index < -0.39 is 0 Å². The Morgan fingerprint density at radius 3 is 2.80 bits per heavy atom. The van der Waals surface area contributed by atoms with Crippen LogP contribution in [0.15, 0.2) is 35.6 Å². The topological polar surface area (TPSA) is 55.2 Å². The average molecular weight is 266 g/mol. The fourth-order valence-corrected chi connectivity index (χ4v) is 3.05. The first-order valence-corrected chi connectivity index (χ1v) is 6.82. The molecule has 102 valence electrons. The molecule has 4 nitrogen and oxygen atoms in total. The maximum Gasteiger partial charge on any atom is 0.161 e. The van der Waals surface area contributed by atoms with Crippen LogP contribution in [0.1, 0.15) is 38.8 Å². The molecule has 2 heterocycles. The molecule has 0 spiro atoms. The minimum atomic E-state index is -0.362. The van der Waals surface area contributed by atoms with Crippen molar-refractivity contribution >= 4 is 16.6 Å². The van der Waals surface area contributed by atoms with Gasteiger partial charge in [0.1, 0.15) is 0 Å². The van der Waals surface area contributed by atoms with Crippen LogP contribution >= 0.6 is 0 Å². The van der Waals surface area contributed by atoms with Gasteiger partial charge in [0.25, 0.3) is 0 Å². The van der Waals surface area contributed by atoms with Crippen molar-refractivity contribution in [3.05, 3.63) is 36.0 Å². The maximum atomic E-state index is 9.66. The van der Waals surface area contributed by atoms with E-state index in [1.165, 1.54) is 0 Å². The number of aromatic nitrogens is 1. The number of nitriles is 1. The van der Waals surface area contributed by atoms with Crippen molar-refractivity contribution in [3.63, 3.8) is 0 Å². The van der Waals surface area contributed by atoms with Crippen LogP contribution in [-0.2, 0) is 0 Å². The minimum absolute atomic E-state index is 0.122. The predicted octanol–water partition coefficient (Wildman–Crippen LogP) is 3.59. The van der Waals surface area contributed by atoms with Crippen LogP contribution < -0.4 is 0 Å². The number of nitrogens with one attached hydrogen (secondary N) is 1. The molecule has 1 N–H and O–H groups in total. The molecule has 4 heteroatoms. The number of hydrogen-bond acceptors (Lipinski definition) is 3. The van der Waals surface area contributed by atoms with Gasteiger partial charge in [0.05, 0.1) is 11.6 Å². The van der Waals surface area contributed by atoms with Gasteiger partial charge in [-0.1, -0.05) is 18.2 Å². The van der Waals surface area contributed by atoms with Gasteiger partial charge in [-0.15, -0.1) is 0 Å². The lowest BCUT2D eigenvalue weighted by molar-refractivity contribution is 0.123. The Labute approximate surface area is 118 Å². The summed E-state index contributed by atoms with van der Waals surface area (Å²) in [5.41, 5.74) is 3.01. The van der Waals surface area contributed by atoms with Crippen molar-refractivity contribution in [2.75, 3.05) is 0 Å². The highest BCUT2D eigenvalue weighted by Gasteiger charge is 2.38. The van der Waals surface area contributed by atoms with Crippen molar-refractivity contribution in [2.45, 2.75) is 38.8 Å². The highest BCUT2D eigenvalue weighted by molar-refractivity contribution is 5.85. The lowest BCUT2D eigenvalue weighted by Crippen LogP contribution is -2.38. The number of hydrazone groups is 1. The number of para-hydroxylation sites is 1. The average Bonchev–Trinajstić information content (AvgIpc) is 2.93. The summed E-state index contributed by atoms with van der Waals surface area (Å²) in [5.74, 6) is 0. The fraction of sp³-hybridized carbons (Fsp3) is 0.375. The van der Waals surface area contributed by atoms with E-state index in [1.807, 2.05) is 42.4 Å². The third-order valence-electron chi connectivity index (χ3n) is 3.87. The molecule has 0 saturated heterocycles. The first kappa shape index (κ1) is 12.7. The van der Waals surface area contributed by atoms with Crippen LogP contribution in [0.3, 0.4) is 0 Å². The molecule has 3 rings (SSSR count). The SMILES string of the molecule is CC1=NN([C@H](C#N)c2c[nH]c3ccccc23)C(C)(C)C1. The summed E-state index contributed by atoms with van der Waals surface area (Å²) in [6.07, 6.45) is 2.82. The summed E-state index contributed by atoms with van der Waals surface area (Å²) < 4.78 is 0. The number of benzene rings is 1. The summed E-state index contributed by atoms with van der Waals surface area (Å²) in [6, 6.07) is 10.1. The third kappa shape index (κ3) is 1.87. The largest absolute Gasteiger partial charge is 0.361 e. The van der Waals surface area contributed by atoms with Crippen molar-refractivity contribution in [2.24, 2.45) is 5.10 Å². The molecule has 0 unspecified atom stereocenters. The second-order valence-electron chi connectivity index (χ2n) is 5.99. The summed E-state index contributed by atoms with van der Waals surface area (Å²) in [7, 11) is 0. The highest BCUT2D eigenvalue weighted by Crippen LogP contribution is 2.37. The van der Waals surface area contributed by atoms with E-state index in [2.05, 4.69) is 30.0 Å². The predicted molar refractivity (Wildman–Crippen MR) is 80.3 cm³/mol. The van der Waals surface area contributed by atoms with Gasteiger partial charge in [-0.25, -0.2) is 0 Å². The molecule has 0 amide bonds. The number of H-pyrrole nitrogens is 1. The van der Waals surface area contributed by atoms with Crippen LogP contribution in [-0.4, -0.2) is 21.2 Å². The van der Waals surface area contributed by atoms with Gasteiger partial charge in [-0.3, -0.25) is 5.01 Å². The van der Waals surface area contributed by atoms with E-state index in [4.69, 9.17) is 0 Å². The van der Waals surface area contributed by atoms with Crippen LogP contribution in [0.25, 0.3) is 10.9 Å². The first-order valence-electron chi connectivity index (χ1n) is 6.82. The van der Waals surface area contributed by atoms with Crippen LogP contribution in [0.2, 0.25) is 0 Å². The van der Waals surface area contributed by atoms with Crippen molar-refractivity contribution in [1.82, 2.24) is 9.99 Å². The van der Waals surface area contributed by atoms with E-state index in [1.54, 1.807) is 0 Å². The minimum Gasteiger partial charge on any atom is -0.361 e. The van der Waals surface area contributed by atoms with Crippen molar-refractivity contribution < 1.29 is 0 Å². The van der Waals surface area contributed by atoms with Gasteiger partial charge in [0.15, 0.2) is 6.04 Å². The molecule has 2 aromatic rings. The fourth-order valence-electron chi connectivity index (χ4n) is 3.05. The molecule has 0 bridgehead atoms. The Hall–Kier alpha value is -2.28. The van der Waals surface area contributed by atoms with Gasteiger partial charge in [0.2, 0.25) is 0 Å². The summed E-state index contributed by atoms with van der Waals surface area (Å²) in [6.45, 7) is 6.28. The monoisotopic (exact) mass is 266 g/mol. The molecule has 0 radical (unpaired) electrons. The highest BCUT2D eigenvalue weighted by atomic mass is 15.5. The van der Waals surface area contributed by atoms with E-state index in [0.717, 1.165) is 28.6 Å². The molecule has 0 fully saturated rings. The van der Waals surface area contributed by atoms with Gasteiger partial charge in [-0.2, -0.15) is 10.4 Å². The normalized spacial score (nSPS) is 18.9. The number of fused-ring (bicyclic) bond motifs is 1.